The molecule has 2 aliphatic heterocycles. The molecule has 4 nitrogen and oxygen atoms in total. The number of halogens is 1. The molecule has 110 valence electrons. The van der Waals surface area contributed by atoms with Crippen LogP contribution in [-0.4, -0.2) is 23.2 Å². The Balaban J connectivity index is 1.88. The third-order valence-corrected chi connectivity index (χ3v) is 5.34. The maximum absolute atomic E-state index is 10.9. The molecule has 0 amide bonds. The topological polar surface area (TPSA) is 64.3 Å². The van der Waals surface area contributed by atoms with Crippen molar-refractivity contribution in [1.82, 2.24) is 0 Å². The van der Waals surface area contributed by atoms with Gasteiger partial charge in [0.1, 0.15) is 6.07 Å². The number of hydrogen-bond donors (Lipinski definition) is 1. The zero-order valence-electron chi connectivity index (χ0n) is 11.6. The van der Waals surface area contributed by atoms with Crippen LogP contribution < -0.4 is 4.90 Å². The quantitative estimate of drug-likeness (QED) is 0.907. The van der Waals surface area contributed by atoms with E-state index in [2.05, 4.69) is 26.9 Å². The van der Waals surface area contributed by atoms with E-state index in [9.17, 15) is 10.1 Å². The van der Waals surface area contributed by atoms with E-state index < -0.39 is 5.97 Å². The molecule has 1 N–H and O–H groups in total. The fourth-order valence-electron chi connectivity index (χ4n) is 3.94. The largest absolute Gasteiger partial charge is 0.481 e. The Morgan fingerprint density at radius 2 is 2.05 bits per heavy atom. The first-order valence-electron chi connectivity index (χ1n) is 7.29. The summed E-state index contributed by atoms with van der Waals surface area (Å²) in [7, 11) is 0. The first kappa shape index (κ1) is 14.4. The Morgan fingerprint density at radius 1 is 1.38 bits per heavy atom. The molecule has 2 heterocycles. The summed E-state index contributed by atoms with van der Waals surface area (Å²) in [5, 5.41) is 18.4. The molecule has 5 heteroatoms. The molecule has 2 unspecified atom stereocenters. The molecule has 2 atom stereocenters. The summed E-state index contributed by atoms with van der Waals surface area (Å²) in [5.41, 5.74) is 1.68. The number of piperidine rings is 1. The highest BCUT2D eigenvalue weighted by Gasteiger charge is 2.42. The standard InChI is InChI=1S/C16H17BrN2O2/c17-14-2-1-3-15(13(14)9-18)19-11-4-5-12(19)7-10(6-11)8-16(20)21/h1-3,10-12H,4-8H2,(H,20,21). The van der Waals surface area contributed by atoms with Crippen LogP contribution in [0.5, 0.6) is 0 Å². The summed E-state index contributed by atoms with van der Waals surface area (Å²) in [6.07, 6.45) is 4.29. The monoisotopic (exact) mass is 348 g/mol. The van der Waals surface area contributed by atoms with Crippen molar-refractivity contribution in [2.24, 2.45) is 5.92 Å². The molecule has 1 aromatic carbocycles. The van der Waals surface area contributed by atoms with E-state index in [1.54, 1.807) is 0 Å². The van der Waals surface area contributed by atoms with Crippen LogP contribution in [0.1, 0.15) is 37.7 Å². The summed E-state index contributed by atoms with van der Waals surface area (Å²) in [6, 6.07) is 8.89. The van der Waals surface area contributed by atoms with Gasteiger partial charge in [0, 0.05) is 23.0 Å². The zero-order valence-corrected chi connectivity index (χ0v) is 13.2. The minimum absolute atomic E-state index is 0.268. The van der Waals surface area contributed by atoms with Crippen LogP contribution in [0.4, 0.5) is 5.69 Å². The lowest BCUT2D eigenvalue weighted by molar-refractivity contribution is -0.138. The number of carboxylic acids is 1. The van der Waals surface area contributed by atoms with Gasteiger partial charge in [-0.25, -0.2) is 0 Å². The molecule has 0 aliphatic carbocycles. The number of carbonyl (C=O) groups is 1. The molecule has 0 spiro atoms. The molecule has 2 bridgehead atoms. The van der Waals surface area contributed by atoms with Crippen molar-refractivity contribution in [3.8, 4) is 6.07 Å². The number of benzene rings is 1. The number of nitriles is 1. The molecular weight excluding hydrogens is 332 g/mol. The van der Waals surface area contributed by atoms with Gasteiger partial charge in [-0.3, -0.25) is 4.79 Å². The normalized spacial score (nSPS) is 27.4. The Hall–Kier alpha value is -1.54. The van der Waals surface area contributed by atoms with Gasteiger partial charge in [0.2, 0.25) is 0 Å². The summed E-state index contributed by atoms with van der Waals surface area (Å²) in [6.45, 7) is 0. The molecule has 0 saturated carbocycles. The van der Waals surface area contributed by atoms with Gasteiger partial charge in [-0.05, 0) is 59.7 Å². The number of anilines is 1. The van der Waals surface area contributed by atoms with Crippen LogP contribution in [0.2, 0.25) is 0 Å². The highest BCUT2D eigenvalue weighted by Crippen LogP contribution is 2.44. The summed E-state index contributed by atoms with van der Waals surface area (Å²) >= 11 is 3.45. The van der Waals surface area contributed by atoms with Crippen molar-refractivity contribution in [1.29, 1.82) is 5.26 Å². The third kappa shape index (κ3) is 2.65. The van der Waals surface area contributed by atoms with E-state index in [0.717, 1.165) is 35.8 Å². The minimum atomic E-state index is -0.701. The van der Waals surface area contributed by atoms with Crippen LogP contribution in [0.25, 0.3) is 0 Å². The van der Waals surface area contributed by atoms with Gasteiger partial charge in [-0.2, -0.15) is 5.26 Å². The van der Waals surface area contributed by atoms with Gasteiger partial charge in [0.15, 0.2) is 0 Å². The van der Waals surface area contributed by atoms with Gasteiger partial charge in [0.05, 0.1) is 11.3 Å². The fourth-order valence-corrected chi connectivity index (χ4v) is 4.38. The Labute approximate surface area is 132 Å². The molecule has 0 aromatic heterocycles. The fraction of sp³-hybridized carbons (Fsp3) is 0.500. The van der Waals surface area contributed by atoms with Gasteiger partial charge >= 0.3 is 5.97 Å². The summed E-state index contributed by atoms with van der Waals surface area (Å²) in [4.78, 5) is 13.3. The van der Waals surface area contributed by atoms with Gasteiger partial charge < -0.3 is 10.0 Å². The van der Waals surface area contributed by atoms with Crippen molar-refractivity contribution in [3.05, 3.63) is 28.2 Å². The predicted molar refractivity (Wildman–Crippen MR) is 83.1 cm³/mol. The lowest BCUT2D eigenvalue weighted by Crippen LogP contribution is -2.43. The van der Waals surface area contributed by atoms with Crippen LogP contribution >= 0.6 is 15.9 Å². The van der Waals surface area contributed by atoms with Crippen molar-refractivity contribution in [3.63, 3.8) is 0 Å². The van der Waals surface area contributed by atoms with Gasteiger partial charge in [-0.15, -0.1) is 0 Å². The van der Waals surface area contributed by atoms with E-state index in [4.69, 9.17) is 5.11 Å². The molecule has 1 aromatic rings. The molecule has 21 heavy (non-hydrogen) atoms. The molecule has 2 saturated heterocycles. The SMILES string of the molecule is N#Cc1c(Br)cccc1N1C2CCC1CC(CC(=O)O)C2. The second-order valence-electron chi connectivity index (χ2n) is 5.97. The van der Waals surface area contributed by atoms with E-state index in [0.29, 0.717) is 17.6 Å². The van der Waals surface area contributed by atoms with E-state index in [1.807, 2.05) is 18.2 Å². The summed E-state index contributed by atoms with van der Waals surface area (Å²) < 4.78 is 0.828. The molecule has 2 aliphatic rings. The van der Waals surface area contributed by atoms with E-state index in [1.165, 1.54) is 0 Å². The second-order valence-corrected chi connectivity index (χ2v) is 6.83. The van der Waals surface area contributed by atoms with Crippen molar-refractivity contribution >= 4 is 27.6 Å². The average Bonchev–Trinajstić information content (AvgIpc) is 2.69. The first-order chi connectivity index (χ1) is 10.1. The molecule has 2 fully saturated rings. The van der Waals surface area contributed by atoms with Crippen LogP contribution in [0.15, 0.2) is 22.7 Å². The maximum atomic E-state index is 10.9. The number of fused-ring (bicyclic) bond motifs is 2. The van der Waals surface area contributed by atoms with E-state index in [-0.39, 0.29) is 12.3 Å². The maximum Gasteiger partial charge on any atom is 0.303 e. The molecular formula is C16H17BrN2O2. The first-order valence-corrected chi connectivity index (χ1v) is 8.08. The average molecular weight is 349 g/mol. The minimum Gasteiger partial charge on any atom is -0.481 e. The summed E-state index contributed by atoms with van der Waals surface area (Å²) in [5.74, 6) is -0.429. The van der Waals surface area contributed by atoms with Crippen LogP contribution in [0, 0.1) is 17.2 Å². The Kier molecular flexibility index (Phi) is 3.90. The highest BCUT2D eigenvalue weighted by molar-refractivity contribution is 9.10. The van der Waals surface area contributed by atoms with Crippen molar-refractivity contribution < 1.29 is 9.90 Å². The number of aliphatic carboxylic acids is 1. The number of rotatable bonds is 3. The number of carboxylic acid groups (broad SMARTS) is 1. The van der Waals surface area contributed by atoms with Crippen molar-refractivity contribution in [2.75, 3.05) is 4.90 Å². The second kappa shape index (κ2) is 5.69. The lowest BCUT2D eigenvalue weighted by Gasteiger charge is -2.40. The van der Waals surface area contributed by atoms with E-state index >= 15 is 0 Å². The zero-order chi connectivity index (χ0) is 15.0. The molecule has 0 radical (unpaired) electrons. The smallest absolute Gasteiger partial charge is 0.303 e. The highest BCUT2D eigenvalue weighted by atomic mass is 79.9. The Morgan fingerprint density at radius 3 is 2.62 bits per heavy atom. The third-order valence-electron chi connectivity index (χ3n) is 4.68. The Bertz CT molecular complexity index is 597. The van der Waals surface area contributed by atoms with Crippen LogP contribution in [0.3, 0.4) is 0 Å². The van der Waals surface area contributed by atoms with Gasteiger partial charge in [0.25, 0.3) is 0 Å². The lowest BCUT2D eigenvalue weighted by atomic mass is 9.87. The number of nitrogens with zero attached hydrogens (tertiary/aromatic N) is 2. The van der Waals surface area contributed by atoms with Gasteiger partial charge in [-0.1, -0.05) is 6.07 Å². The molecule has 3 rings (SSSR count). The predicted octanol–water partition coefficient (Wildman–Crippen LogP) is 3.54. The van der Waals surface area contributed by atoms with Crippen molar-refractivity contribution in [2.45, 2.75) is 44.2 Å². The van der Waals surface area contributed by atoms with Crippen LogP contribution in [-0.2, 0) is 4.79 Å². The number of hydrogen-bond acceptors (Lipinski definition) is 3.